The van der Waals surface area contributed by atoms with Gasteiger partial charge in [-0.25, -0.2) is 0 Å². The van der Waals surface area contributed by atoms with Crippen molar-refractivity contribution in [3.63, 3.8) is 0 Å². The number of carbonyl (C=O) groups is 1. The molecule has 0 spiro atoms. The van der Waals surface area contributed by atoms with E-state index < -0.39 is 17.7 Å². The Hall–Kier alpha value is -0.800. The fraction of sp³-hybridized carbons (Fsp3) is 0.250. The standard InChI is InChI=1S/C4H3F3O/c1-2(8)3(5)4(6)7/h1H3. The van der Waals surface area contributed by atoms with Gasteiger partial charge in [-0.15, -0.1) is 0 Å². The van der Waals surface area contributed by atoms with Crippen LogP contribution in [0.3, 0.4) is 0 Å². The van der Waals surface area contributed by atoms with Crippen molar-refractivity contribution in [1.82, 2.24) is 0 Å². The average molecular weight is 124 g/mol. The highest BCUT2D eigenvalue weighted by Gasteiger charge is 2.08. The van der Waals surface area contributed by atoms with Crippen molar-refractivity contribution in [2.45, 2.75) is 6.92 Å². The van der Waals surface area contributed by atoms with Gasteiger partial charge < -0.3 is 0 Å². The van der Waals surface area contributed by atoms with E-state index in [1.807, 2.05) is 0 Å². The van der Waals surface area contributed by atoms with Gasteiger partial charge in [-0.3, -0.25) is 4.79 Å². The third kappa shape index (κ3) is 1.77. The molecule has 0 aliphatic rings. The molecule has 0 saturated heterocycles. The second-order valence-corrected chi connectivity index (χ2v) is 1.13. The molecule has 0 fully saturated rings. The maximum Gasteiger partial charge on any atom is 0.309 e. The molecule has 0 saturated carbocycles. The lowest BCUT2D eigenvalue weighted by Gasteiger charge is -1.82. The largest absolute Gasteiger partial charge is 0.309 e. The molecule has 0 aromatic carbocycles. The van der Waals surface area contributed by atoms with Crippen LogP contribution in [-0.2, 0) is 4.79 Å². The van der Waals surface area contributed by atoms with Crippen LogP contribution in [0.1, 0.15) is 6.92 Å². The number of hydrogen-bond donors (Lipinski definition) is 0. The monoisotopic (exact) mass is 124 g/mol. The molecule has 0 rings (SSSR count). The van der Waals surface area contributed by atoms with Crippen molar-refractivity contribution < 1.29 is 18.0 Å². The van der Waals surface area contributed by atoms with E-state index in [9.17, 15) is 18.0 Å². The summed E-state index contributed by atoms with van der Waals surface area (Å²) in [4.78, 5) is 9.67. The summed E-state index contributed by atoms with van der Waals surface area (Å²) in [6.07, 6.45) is -2.56. The molecule has 0 N–H and O–H groups in total. The Bertz CT molecular complexity index is 134. The van der Waals surface area contributed by atoms with Crippen LogP contribution in [0.5, 0.6) is 0 Å². The second-order valence-electron chi connectivity index (χ2n) is 1.13. The van der Waals surface area contributed by atoms with Gasteiger partial charge in [0.1, 0.15) is 0 Å². The molecule has 4 heteroatoms. The van der Waals surface area contributed by atoms with E-state index in [-0.39, 0.29) is 0 Å². The van der Waals surface area contributed by atoms with E-state index in [2.05, 4.69) is 0 Å². The summed E-state index contributed by atoms with van der Waals surface area (Å²) >= 11 is 0. The summed E-state index contributed by atoms with van der Waals surface area (Å²) in [6.45, 7) is 0.731. The van der Waals surface area contributed by atoms with Gasteiger partial charge in [0, 0.05) is 6.92 Å². The summed E-state index contributed by atoms with van der Waals surface area (Å²) in [5.74, 6) is -3.20. The van der Waals surface area contributed by atoms with Crippen molar-refractivity contribution >= 4 is 5.78 Å². The van der Waals surface area contributed by atoms with E-state index in [4.69, 9.17) is 0 Å². The van der Waals surface area contributed by atoms with Crippen LogP contribution >= 0.6 is 0 Å². The second kappa shape index (κ2) is 2.49. The predicted molar refractivity (Wildman–Crippen MR) is 21.0 cm³/mol. The van der Waals surface area contributed by atoms with E-state index in [0.29, 0.717) is 0 Å². The van der Waals surface area contributed by atoms with Gasteiger partial charge in [-0.05, 0) is 0 Å². The van der Waals surface area contributed by atoms with Crippen molar-refractivity contribution in [2.24, 2.45) is 0 Å². The predicted octanol–water partition coefficient (Wildman–Crippen LogP) is 1.65. The minimum absolute atomic E-state index is 0.731. The molecule has 0 aliphatic heterocycles. The molecular formula is C4H3F3O. The Morgan fingerprint density at radius 2 is 1.62 bits per heavy atom. The normalized spacial score (nSPS) is 8.50. The summed E-state index contributed by atoms with van der Waals surface area (Å²) in [7, 11) is 0. The summed E-state index contributed by atoms with van der Waals surface area (Å²) in [5.41, 5.74) is 0. The lowest BCUT2D eigenvalue weighted by Crippen LogP contribution is -1.89. The molecule has 8 heavy (non-hydrogen) atoms. The van der Waals surface area contributed by atoms with Gasteiger partial charge in [-0.1, -0.05) is 0 Å². The van der Waals surface area contributed by atoms with E-state index in [1.54, 1.807) is 0 Å². The van der Waals surface area contributed by atoms with Gasteiger partial charge in [0.2, 0.25) is 5.83 Å². The minimum Gasteiger partial charge on any atom is -0.292 e. The summed E-state index contributed by atoms with van der Waals surface area (Å²) < 4.78 is 33.4. The van der Waals surface area contributed by atoms with Crippen LogP contribution < -0.4 is 0 Å². The third-order valence-electron chi connectivity index (χ3n) is 0.475. The summed E-state index contributed by atoms with van der Waals surface area (Å²) in [5, 5.41) is 0. The maximum atomic E-state index is 11.4. The van der Waals surface area contributed by atoms with Gasteiger partial charge >= 0.3 is 6.08 Å². The van der Waals surface area contributed by atoms with E-state index in [0.717, 1.165) is 6.92 Å². The number of ketones is 1. The molecule has 1 nitrogen and oxygen atoms in total. The highest BCUT2D eigenvalue weighted by atomic mass is 19.3. The van der Waals surface area contributed by atoms with Crippen molar-refractivity contribution in [1.29, 1.82) is 0 Å². The SMILES string of the molecule is CC(=O)C(F)=C(F)F. The van der Waals surface area contributed by atoms with Gasteiger partial charge in [0.05, 0.1) is 0 Å². The van der Waals surface area contributed by atoms with E-state index >= 15 is 0 Å². The number of halogens is 3. The first-order chi connectivity index (χ1) is 3.55. The first-order valence-electron chi connectivity index (χ1n) is 1.77. The maximum absolute atomic E-state index is 11.4. The van der Waals surface area contributed by atoms with Crippen LogP contribution in [0.15, 0.2) is 11.9 Å². The third-order valence-corrected chi connectivity index (χ3v) is 0.475. The van der Waals surface area contributed by atoms with Crippen LogP contribution in [0, 0.1) is 0 Å². The van der Waals surface area contributed by atoms with Crippen LogP contribution in [0.4, 0.5) is 13.2 Å². The highest BCUT2D eigenvalue weighted by molar-refractivity contribution is 5.91. The number of rotatable bonds is 1. The Morgan fingerprint density at radius 3 is 1.62 bits per heavy atom. The smallest absolute Gasteiger partial charge is 0.292 e. The van der Waals surface area contributed by atoms with Gasteiger partial charge in [0.25, 0.3) is 0 Å². The van der Waals surface area contributed by atoms with Crippen LogP contribution in [0.2, 0.25) is 0 Å². The molecule has 46 valence electrons. The molecule has 0 aromatic rings. The van der Waals surface area contributed by atoms with Crippen molar-refractivity contribution in [2.75, 3.05) is 0 Å². The number of hydrogen-bond acceptors (Lipinski definition) is 1. The van der Waals surface area contributed by atoms with Crippen molar-refractivity contribution in [3.8, 4) is 0 Å². The molecular weight excluding hydrogens is 121 g/mol. The topological polar surface area (TPSA) is 17.1 Å². The fourth-order valence-electron chi connectivity index (χ4n) is 0.133. The Kier molecular flexibility index (Phi) is 2.24. The number of Topliss-reactive ketones (excluding diaryl/α,β-unsaturated/α-hetero) is 1. The fourth-order valence-corrected chi connectivity index (χ4v) is 0.133. The lowest BCUT2D eigenvalue weighted by molar-refractivity contribution is -0.115. The zero-order valence-electron chi connectivity index (χ0n) is 4.04. The first-order valence-corrected chi connectivity index (χ1v) is 1.77. The molecule has 0 aromatic heterocycles. The summed E-state index contributed by atoms with van der Waals surface area (Å²) in [6, 6.07) is 0. The van der Waals surface area contributed by atoms with Crippen molar-refractivity contribution in [3.05, 3.63) is 11.9 Å². The zero-order valence-corrected chi connectivity index (χ0v) is 4.04. The number of carbonyl (C=O) groups excluding carboxylic acids is 1. The Morgan fingerprint density at radius 1 is 1.25 bits per heavy atom. The molecule has 0 bridgehead atoms. The molecule has 0 aliphatic carbocycles. The van der Waals surface area contributed by atoms with Gasteiger partial charge in [0.15, 0.2) is 5.78 Å². The Labute approximate surface area is 43.8 Å². The highest BCUT2D eigenvalue weighted by Crippen LogP contribution is 2.08. The zero-order chi connectivity index (χ0) is 6.73. The van der Waals surface area contributed by atoms with Crippen LogP contribution in [0.25, 0.3) is 0 Å². The molecule has 0 atom stereocenters. The van der Waals surface area contributed by atoms with E-state index in [1.165, 1.54) is 0 Å². The Balaban J connectivity index is 4.23. The molecule has 0 unspecified atom stereocenters. The van der Waals surface area contributed by atoms with Crippen LogP contribution in [-0.4, -0.2) is 5.78 Å². The quantitative estimate of drug-likeness (QED) is 0.486. The van der Waals surface area contributed by atoms with Gasteiger partial charge in [-0.2, -0.15) is 13.2 Å². The molecule has 0 radical (unpaired) electrons. The molecule has 0 amide bonds. The average Bonchev–Trinajstić information content (AvgIpc) is 1.64. The number of allylic oxidation sites excluding steroid dienone is 1. The first kappa shape index (κ1) is 7.20. The lowest BCUT2D eigenvalue weighted by atomic mass is 10.4. The minimum atomic E-state index is -2.56. The molecule has 0 heterocycles.